The normalized spacial score (nSPS) is 20.3. The van der Waals surface area contributed by atoms with E-state index in [1.165, 1.54) is 12.8 Å². The van der Waals surface area contributed by atoms with Gasteiger partial charge in [-0.25, -0.2) is 4.98 Å². The van der Waals surface area contributed by atoms with Crippen molar-refractivity contribution in [1.82, 2.24) is 20.6 Å². The fourth-order valence-corrected chi connectivity index (χ4v) is 3.23. The Labute approximate surface area is 142 Å². The zero-order chi connectivity index (χ0) is 17.5. The lowest BCUT2D eigenvalue weighted by atomic mass is 9.90. The molecule has 1 fully saturated rings. The Bertz CT molecular complexity index is 706. The van der Waals surface area contributed by atoms with Gasteiger partial charge in [-0.2, -0.15) is 0 Å². The minimum Gasteiger partial charge on any atom is -0.366 e. The summed E-state index contributed by atoms with van der Waals surface area (Å²) in [5.41, 5.74) is 7.37. The van der Waals surface area contributed by atoms with Gasteiger partial charge in [0.25, 0.3) is 5.91 Å². The highest BCUT2D eigenvalue weighted by molar-refractivity contribution is 6.03. The van der Waals surface area contributed by atoms with Gasteiger partial charge in [0.1, 0.15) is 11.3 Å². The van der Waals surface area contributed by atoms with E-state index < -0.39 is 5.91 Å². The number of carbonyl (C=O) groups is 1. The van der Waals surface area contributed by atoms with Crippen LogP contribution in [0.1, 0.15) is 35.9 Å². The number of rotatable bonds is 5. The summed E-state index contributed by atoms with van der Waals surface area (Å²) < 4.78 is 0. The van der Waals surface area contributed by atoms with Crippen molar-refractivity contribution in [3.8, 4) is 12.8 Å². The Morgan fingerprint density at radius 2 is 2.25 bits per heavy atom. The summed E-state index contributed by atoms with van der Waals surface area (Å²) in [6, 6.07) is 5.90. The molecule has 2 unspecified atom stereocenters. The van der Waals surface area contributed by atoms with Crippen LogP contribution in [0.4, 0.5) is 0 Å². The largest absolute Gasteiger partial charge is 0.366 e. The highest BCUT2D eigenvalue weighted by atomic mass is 16.1. The Kier molecular flexibility index (Phi) is 6.36. The molecule has 2 aromatic rings. The second kappa shape index (κ2) is 8.48. The van der Waals surface area contributed by atoms with Crippen LogP contribution in [0, 0.1) is 18.8 Å². The van der Waals surface area contributed by atoms with E-state index in [4.69, 9.17) is 5.73 Å². The van der Waals surface area contributed by atoms with Crippen molar-refractivity contribution in [2.75, 3.05) is 13.1 Å². The van der Waals surface area contributed by atoms with Crippen LogP contribution in [0.3, 0.4) is 0 Å². The highest BCUT2D eigenvalue weighted by Gasteiger charge is 2.23. The SMILES string of the molecule is C#C.CCC1CCNCC1NCc1nc2c(C(N)=O)cccc2[nH]1. The van der Waals surface area contributed by atoms with Crippen molar-refractivity contribution in [3.05, 3.63) is 29.6 Å². The third-order valence-corrected chi connectivity index (χ3v) is 4.51. The number of terminal acetylenes is 1. The summed E-state index contributed by atoms with van der Waals surface area (Å²) in [4.78, 5) is 19.2. The average molecular weight is 327 g/mol. The van der Waals surface area contributed by atoms with Crippen molar-refractivity contribution in [2.24, 2.45) is 11.7 Å². The summed E-state index contributed by atoms with van der Waals surface area (Å²) in [5, 5.41) is 7.01. The van der Waals surface area contributed by atoms with E-state index in [1.54, 1.807) is 6.07 Å². The molecule has 1 aliphatic rings. The zero-order valence-corrected chi connectivity index (χ0v) is 14.0. The number of amides is 1. The van der Waals surface area contributed by atoms with Crippen molar-refractivity contribution < 1.29 is 4.79 Å². The topological polar surface area (TPSA) is 95.8 Å². The number of nitrogens with zero attached hydrogens (tertiary/aromatic N) is 1. The number of piperidine rings is 1. The van der Waals surface area contributed by atoms with Crippen LogP contribution in [0.2, 0.25) is 0 Å². The first-order valence-corrected chi connectivity index (χ1v) is 8.24. The molecule has 1 aromatic heterocycles. The van der Waals surface area contributed by atoms with E-state index in [2.05, 4.69) is 40.4 Å². The molecule has 24 heavy (non-hydrogen) atoms. The van der Waals surface area contributed by atoms with Gasteiger partial charge in [-0.1, -0.05) is 19.4 Å². The molecule has 1 aliphatic heterocycles. The minimum absolute atomic E-state index is 0.445. The summed E-state index contributed by atoms with van der Waals surface area (Å²) >= 11 is 0. The number of aromatic amines is 1. The van der Waals surface area contributed by atoms with Crippen LogP contribution in [0.5, 0.6) is 0 Å². The molecule has 1 aromatic carbocycles. The number of aromatic nitrogens is 2. The van der Waals surface area contributed by atoms with E-state index in [9.17, 15) is 4.79 Å². The van der Waals surface area contributed by atoms with E-state index >= 15 is 0 Å². The molecule has 0 bridgehead atoms. The molecule has 6 nitrogen and oxygen atoms in total. The van der Waals surface area contributed by atoms with E-state index in [0.717, 1.165) is 24.4 Å². The fourth-order valence-electron chi connectivity index (χ4n) is 3.23. The molecule has 2 heterocycles. The number of hydrogen-bond donors (Lipinski definition) is 4. The molecule has 0 radical (unpaired) electrons. The van der Waals surface area contributed by atoms with Gasteiger partial charge in [-0.3, -0.25) is 4.79 Å². The first kappa shape index (κ1) is 18.0. The Morgan fingerprint density at radius 3 is 2.96 bits per heavy atom. The first-order valence-electron chi connectivity index (χ1n) is 8.24. The molecular formula is C18H25N5O. The molecular weight excluding hydrogens is 302 g/mol. The van der Waals surface area contributed by atoms with Gasteiger partial charge in [-0.15, -0.1) is 12.8 Å². The predicted molar refractivity (Wildman–Crippen MR) is 96.4 cm³/mol. The number of benzene rings is 1. The number of para-hydroxylation sites is 1. The van der Waals surface area contributed by atoms with Gasteiger partial charge in [0.2, 0.25) is 0 Å². The Balaban J connectivity index is 0.00000100. The van der Waals surface area contributed by atoms with Gasteiger partial charge >= 0.3 is 0 Å². The van der Waals surface area contributed by atoms with Crippen molar-refractivity contribution in [2.45, 2.75) is 32.4 Å². The minimum atomic E-state index is -0.445. The van der Waals surface area contributed by atoms with Crippen LogP contribution >= 0.6 is 0 Å². The smallest absolute Gasteiger partial charge is 0.250 e. The molecule has 128 valence electrons. The summed E-state index contributed by atoms with van der Waals surface area (Å²) in [7, 11) is 0. The van der Waals surface area contributed by atoms with E-state index in [-0.39, 0.29) is 0 Å². The van der Waals surface area contributed by atoms with Crippen LogP contribution in [-0.2, 0) is 6.54 Å². The quantitative estimate of drug-likeness (QED) is 0.624. The van der Waals surface area contributed by atoms with Gasteiger partial charge < -0.3 is 21.4 Å². The summed E-state index contributed by atoms with van der Waals surface area (Å²) in [5.74, 6) is 1.09. The third-order valence-electron chi connectivity index (χ3n) is 4.51. The maximum atomic E-state index is 11.5. The maximum Gasteiger partial charge on any atom is 0.250 e. The highest BCUT2D eigenvalue weighted by Crippen LogP contribution is 2.18. The standard InChI is InChI=1S/C16H23N5O.C2H2/c1-2-10-6-7-18-8-13(10)19-9-14-20-12-5-3-4-11(16(17)22)15(12)21-14;1-2/h3-5,10,13,18-19H,2,6-9H2,1H3,(H2,17,22)(H,20,21);1-2H. The molecule has 0 aliphatic carbocycles. The predicted octanol–water partition coefficient (Wildman–Crippen LogP) is 1.39. The molecule has 2 atom stereocenters. The van der Waals surface area contributed by atoms with Gasteiger partial charge in [0, 0.05) is 12.6 Å². The second-order valence-corrected chi connectivity index (χ2v) is 5.90. The van der Waals surface area contributed by atoms with Crippen molar-refractivity contribution in [1.29, 1.82) is 0 Å². The van der Waals surface area contributed by atoms with Gasteiger partial charge in [0.15, 0.2) is 0 Å². The van der Waals surface area contributed by atoms with Crippen molar-refractivity contribution >= 4 is 16.9 Å². The van der Waals surface area contributed by atoms with E-state index in [1.807, 2.05) is 12.1 Å². The van der Waals surface area contributed by atoms with Crippen LogP contribution in [0.25, 0.3) is 11.0 Å². The summed E-state index contributed by atoms with van der Waals surface area (Å²) in [6.07, 6.45) is 10.4. The lowest BCUT2D eigenvalue weighted by Gasteiger charge is -2.32. The second-order valence-electron chi connectivity index (χ2n) is 5.90. The number of nitrogens with two attached hydrogens (primary N) is 1. The number of imidazole rings is 1. The van der Waals surface area contributed by atoms with Crippen LogP contribution in [-0.4, -0.2) is 35.0 Å². The first-order chi connectivity index (χ1) is 11.7. The summed E-state index contributed by atoms with van der Waals surface area (Å²) in [6.45, 7) is 5.00. The number of nitrogens with one attached hydrogen (secondary N) is 3. The third kappa shape index (κ3) is 3.94. The van der Waals surface area contributed by atoms with Crippen LogP contribution in [0.15, 0.2) is 18.2 Å². The van der Waals surface area contributed by atoms with Gasteiger partial charge in [0.05, 0.1) is 17.6 Å². The Hall–Kier alpha value is -2.36. The fraction of sp³-hybridized carbons (Fsp3) is 0.444. The number of H-pyrrole nitrogens is 1. The van der Waals surface area contributed by atoms with Crippen LogP contribution < -0.4 is 16.4 Å². The monoisotopic (exact) mass is 327 g/mol. The lowest BCUT2D eigenvalue weighted by Crippen LogP contribution is -2.48. The molecule has 1 amide bonds. The lowest BCUT2D eigenvalue weighted by molar-refractivity contribution is 0.100. The molecule has 0 spiro atoms. The number of primary amides is 1. The number of fused-ring (bicyclic) bond motifs is 1. The number of carbonyl (C=O) groups excluding carboxylic acids is 1. The average Bonchev–Trinajstić information content (AvgIpc) is 3.04. The molecule has 0 saturated carbocycles. The maximum absolute atomic E-state index is 11.5. The number of hydrogen-bond acceptors (Lipinski definition) is 4. The Morgan fingerprint density at radius 1 is 1.46 bits per heavy atom. The van der Waals surface area contributed by atoms with Gasteiger partial charge in [-0.05, 0) is 31.0 Å². The van der Waals surface area contributed by atoms with Crippen molar-refractivity contribution in [3.63, 3.8) is 0 Å². The zero-order valence-electron chi connectivity index (χ0n) is 14.0. The molecule has 3 rings (SSSR count). The van der Waals surface area contributed by atoms with E-state index in [0.29, 0.717) is 29.6 Å². The molecule has 1 saturated heterocycles. The molecule has 6 heteroatoms. The molecule has 5 N–H and O–H groups in total.